The molecule has 1 N–H and O–H groups in total. The van der Waals surface area contributed by atoms with Crippen molar-refractivity contribution >= 4 is 44.5 Å². The van der Waals surface area contributed by atoms with Crippen LogP contribution in [0.5, 0.6) is 0 Å². The lowest BCUT2D eigenvalue weighted by Gasteiger charge is -2.06. The summed E-state index contributed by atoms with van der Waals surface area (Å²) in [6.07, 6.45) is 5.57. The first kappa shape index (κ1) is 20.5. The third-order valence-electron chi connectivity index (χ3n) is 4.86. The van der Waals surface area contributed by atoms with Crippen LogP contribution < -0.4 is 5.32 Å². The Bertz CT molecular complexity index is 1480. The van der Waals surface area contributed by atoms with Gasteiger partial charge in [-0.05, 0) is 57.4 Å². The van der Waals surface area contributed by atoms with Crippen LogP contribution in [-0.4, -0.2) is 20.3 Å². The Balaban J connectivity index is 1.40. The van der Waals surface area contributed by atoms with Crippen LogP contribution in [0.1, 0.15) is 10.5 Å². The highest BCUT2D eigenvalue weighted by Gasteiger charge is 2.17. The van der Waals surface area contributed by atoms with E-state index in [9.17, 15) is 13.6 Å². The van der Waals surface area contributed by atoms with Crippen molar-refractivity contribution < 1.29 is 13.6 Å². The van der Waals surface area contributed by atoms with Gasteiger partial charge in [0.05, 0.1) is 10.2 Å². The number of carbonyl (C=O) groups is 1. The summed E-state index contributed by atoms with van der Waals surface area (Å²) >= 11 is 4.21. The van der Waals surface area contributed by atoms with Gasteiger partial charge in [0.2, 0.25) is 0 Å². The van der Waals surface area contributed by atoms with Crippen LogP contribution in [0, 0.1) is 11.6 Å². The quantitative estimate of drug-likeness (QED) is 0.284. The van der Waals surface area contributed by atoms with Crippen LogP contribution in [0.15, 0.2) is 77.0 Å². The number of carbonyl (C=O) groups excluding carboxylic acids is 1. The molecule has 2 aromatic carbocycles. The summed E-state index contributed by atoms with van der Waals surface area (Å²) in [6, 6.07) is 14.4. The molecule has 0 radical (unpaired) electrons. The summed E-state index contributed by atoms with van der Waals surface area (Å²) in [5.74, 6) is -2.81. The number of fused-ring (bicyclic) bond motifs is 1. The Morgan fingerprint density at radius 1 is 1.00 bits per heavy atom. The number of imidazole rings is 1. The van der Waals surface area contributed by atoms with Crippen molar-refractivity contribution in [3.63, 3.8) is 0 Å². The minimum atomic E-state index is -1.13. The molecule has 0 aliphatic rings. The second-order valence-electron chi connectivity index (χ2n) is 6.90. The largest absolute Gasteiger partial charge is 0.318 e. The molecule has 0 unspecified atom stereocenters. The molecular formula is C23H13BrF2N4OS. The van der Waals surface area contributed by atoms with E-state index in [0.717, 1.165) is 22.3 Å². The first-order valence-electron chi connectivity index (χ1n) is 9.43. The van der Waals surface area contributed by atoms with Crippen molar-refractivity contribution in [1.82, 2.24) is 14.4 Å². The van der Waals surface area contributed by atoms with Gasteiger partial charge in [0.1, 0.15) is 16.3 Å². The highest BCUT2D eigenvalue weighted by Crippen LogP contribution is 2.30. The number of nitrogens with zero attached hydrogens (tertiary/aromatic N) is 3. The van der Waals surface area contributed by atoms with Crippen molar-refractivity contribution in [2.45, 2.75) is 0 Å². The van der Waals surface area contributed by atoms with E-state index in [1.54, 1.807) is 11.6 Å². The van der Waals surface area contributed by atoms with Crippen LogP contribution >= 0.6 is 27.3 Å². The average molecular weight is 511 g/mol. The molecule has 0 spiro atoms. The van der Waals surface area contributed by atoms with Crippen molar-refractivity contribution in [3.05, 3.63) is 94.3 Å². The molecule has 0 saturated carbocycles. The van der Waals surface area contributed by atoms with Crippen LogP contribution in [-0.2, 0) is 0 Å². The van der Waals surface area contributed by atoms with Crippen LogP contribution in [0.4, 0.5) is 14.5 Å². The maximum absolute atomic E-state index is 14.0. The van der Waals surface area contributed by atoms with Gasteiger partial charge in [0.25, 0.3) is 5.91 Å². The molecule has 5 nitrogen and oxygen atoms in total. The average Bonchev–Trinajstić information content (AvgIpc) is 3.49. The van der Waals surface area contributed by atoms with E-state index in [0.29, 0.717) is 5.01 Å². The lowest BCUT2D eigenvalue weighted by atomic mass is 10.0. The third kappa shape index (κ3) is 3.80. The maximum Gasteiger partial charge on any atom is 0.275 e. The first-order chi connectivity index (χ1) is 15.5. The molecule has 0 fully saturated rings. The highest BCUT2D eigenvalue weighted by atomic mass is 79.9. The van der Waals surface area contributed by atoms with Gasteiger partial charge in [-0.25, -0.2) is 18.7 Å². The predicted molar refractivity (Wildman–Crippen MR) is 124 cm³/mol. The van der Waals surface area contributed by atoms with E-state index in [2.05, 4.69) is 31.2 Å². The second kappa shape index (κ2) is 8.25. The van der Waals surface area contributed by atoms with Crippen molar-refractivity contribution in [3.8, 4) is 21.7 Å². The summed E-state index contributed by atoms with van der Waals surface area (Å²) in [5.41, 5.74) is 3.56. The molecule has 0 saturated heterocycles. The third-order valence-corrected chi connectivity index (χ3v) is 6.36. The molecule has 1 amide bonds. The summed E-state index contributed by atoms with van der Waals surface area (Å²) in [4.78, 5) is 21.2. The smallest absolute Gasteiger partial charge is 0.275 e. The number of anilines is 1. The minimum absolute atomic E-state index is 0.0178. The first-order valence-corrected chi connectivity index (χ1v) is 11.1. The van der Waals surface area contributed by atoms with Gasteiger partial charge in [-0.2, -0.15) is 0 Å². The standard InChI is InChI=1S/C23H13BrF2N4OS/c24-16-4-5-17(21(26)20(16)25)28-22(31)18-12-32-23(29-18)15-3-1-2-13(10-15)14-6-8-30-9-7-27-19(30)11-14/h1-12H,(H,28,31). The summed E-state index contributed by atoms with van der Waals surface area (Å²) in [7, 11) is 0. The normalized spacial score (nSPS) is 11.1. The molecule has 3 heterocycles. The summed E-state index contributed by atoms with van der Waals surface area (Å²) in [5, 5.41) is 4.60. The Labute approximate surface area is 193 Å². The number of hydrogen-bond acceptors (Lipinski definition) is 4. The Kier molecular flexibility index (Phi) is 5.28. The SMILES string of the molecule is O=C(Nc1ccc(Br)c(F)c1F)c1csc(-c2cccc(-c3ccn4ccnc4c3)c2)n1. The number of nitrogens with one attached hydrogen (secondary N) is 1. The molecule has 0 aliphatic carbocycles. The van der Waals surface area contributed by atoms with E-state index in [4.69, 9.17) is 0 Å². The van der Waals surface area contributed by atoms with Gasteiger partial charge in [0, 0.05) is 29.5 Å². The van der Waals surface area contributed by atoms with E-state index >= 15 is 0 Å². The summed E-state index contributed by atoms with van der Waals surface area (Å²) < 4.78 is 29.7. The molecule has 0 atom stereocenters. The Morgan fingerprint density at radius 2 is 1.81 bits per heavy atom. The number of thiazole rings is 1. The van der Waals surface area contributed by atoms with Crippen molar-refractivity contribution in [2.75, 3.05) is 5.32 Å². The number of amides is 1. The molecule has 0 aliphatic heterocycles. The highest BCUT2D eigenvalue weighted by molar-refractivity contribution is 9.10. The number of hydrogen-bond donors (Lipinski definition) is 1. The van der Waals surface area contributed by atoms with Gasteiger partial charge in [0.15, 0.2) is 11.6 Å². The molecule has 5 rings (SSSR count). The molecule has 9 heteroatoms. The zero-order valence-electron chi connectivity index (χ0n) is 16.2. The fourth-order valence-electron chi connectivity index (χ4n) is 3.24. The zero-order valence-corrected chi connectivity index (χ0v) is 18.6. The fraction of sp³-hybridized carbons (Fsp3) is 0. The lowest BCUT2D eigenvalue weighted by Crippen LogP contribution is -2.14. The number of pyridine rings is 1. The fourth-order valence-corrected chi connectivity index (χ4v) is 4.34. The van der Waals surface area contributed by atoms with E-state index in [1.165, 1.54) is 23.5 Å². The molecule has 3 aromatic heterocycles. The number of rotatable bonds is 4. The lowest BCUT2D eigenvalue weighted by molar-refractivity contribution is 0.102. The van der Waals surface area contributed by atoms with Crippen LogP contribution in [0.3, 0.4) is 0 Å². The number of halogens is 3. The predicted octanol–water partition coefficient (Wildman–Crippen LogP) is 6.42. The van der Waals surface area contributed by atoms with Gasteiger partial charge < -0.3 is 9.72 Å². The molecular weight excluding hydrogens is 498 g/mol. The van der Waals surface area contributed by atoms with Gasteiger partial charge in [-0.3, -0.25) is 4.79 Å². The van der Waals surface area contributed by atoms with Gasteiger partial charge in [-0.1, -0.05) is 18.2 Å². The number of benzene rings is 2. The molecule has 158 valence electrons. The Hall–Kier alpha value is -3.43. The van der Waals surface area contributed by atoms with Crippen molar-refractivity contribution in [2.24, 2.45) is 0 Å². The zero-order chi connectivity index (χ0) is 22.2. The topological polar surface area (TPSA) is 59.3 Å². The maximum atomic E-state index is 14.0. The molecule has 5 aromatic rings. The minimum Gasteiger partial charge on any atom is -0.318 e. The molecule has 32 heavy (non-hydrogen) atoms. The Morgan fingerprint density at radius 3 is 2.69 bits per heavy atom. The second-order valence-corrected chi connectivity index (χ2v) is 8.62. The summed E-state index contributed by atoms with van der Waals surface area (Å²) in [6.45, 7) is 0. The van der Waals surface area contributed by atoms with Crippen molar-refractivity contribution in [1.29, 1.82) is 0 Å². The van der Waals surface area contributed by atoms with Gasteiger partial charge >= 0.3 is 0 Å². The molecule has 0 bridgehead atoms. The van der Waals surface area contributed by atoms with Crippen LogP contribution in [0.25, 0.3) is 27.3 Å². The van der Waals surface area contributed by atoms with E-state index < -0.39 is 17.5 Å². The van der Waals surface area contributed by atoms with E-state index in [1.807, 2.05) is 53.2 Å². The monoisotopic (exact) mass is 510 g/mol. The van der Waals surface area contributed by atoms with Crippen LogP contribution in [0.2, 0.25) is 0 Å². The van der Waals surface area contributed by atoms with Gasteiger partial charge in [-0.15, -0.1) is 11.3 Å². The number of aromatic nitrogens is 3. The van der Waals surface area contributed by atoms with E-state index in [-0.39, 0.29) is 15.9 Å².